The summed E-state index contributed by atoms with van der Waals surface area (Å²) in [7, 11) is 0. The van der Waals surface area contributed by atoms with Gasteiger partial charge in [-0.1, -0.05) is 29.4 Å². The number of halogens is 3. The molecule has 0 bridgehead atoms. The minimum absolute atomic E-state index is 0.0306. The lowest BCUT2D eigenvalue weighted by Crippen LogP contribution is -2.05. The van der Waals surface area contributed by atoms with Crippen LogP contribution in [0.3, 0.4) is 0 Å². The van der Waals surface area contributed by atoms with E-state index in [4.69, 9.17) is 4.84 Å². The second-order valence-electron chi connectivity index (χ2n) is 4.56. The van der Waals surface area contributed by atoms with Crippen LogP contribution in [0.4, 0.5) is 18.9 Å². The fourth-order valence-electron chi connectivity index (χ4n) is 1.77. The van der Waals surface area contributed by atoms with Crippen LogP contribution in [0.1, 0.15) is 16.7 Å². The van der Waals surface area contributed by atoms with Gasteiger partial charge in [0, 0.05) is 12.1 Å². The van der Waals surface area contributed by atoms with E-state index in [2.05, 4.69) is 5.16 Å². The van der Waals surface area contributed by atoms with Gasteiger partial charge in [-0.3, -0.25) is 10.1 Å². The number of rotatable bonds is 5. The molecule has 0 spiro atoms. The number of nitro benzene ring substituents is 1. The lowest BCUT2D eigenvalue weighted by atomic mass is 10.1. The van der Waals surface area contributed by atoms with Crippen LogP contribution in [-0.4, -0.2) is 11.1 Å². The smallest absolute Gasteiger partial charge is 0.391 e. The monoisotopic (exact) mass is 324 g/mol. The third-order valence-electron chi connectivity index (χ3n) is 2.84. The van der Waals surface area contributed by atoms with Gasteiger partial charge in [0.15, 0.2) is 0 Å². The Kier molecular flexibility index (Phi) is 4.95. The van der Waals surface area contributed by atoms with Gasteiger partial charge in [-0.25, -0.2) is 0 Å². The Morgan fingerprint density at radius 3 is 2.61 bits per heavy atom. The molecule has 0 unspecified atom stereocenters. The van der Waals surface area contributed by atoms with Crippen LogP contribution in [0.15, 0.2) is 53.7 Å². The van der Waals surface area contributed by atoms with Crippen molar-refractivity contribution in [2.24, 2.45) is 5.16 Å². The average Bonchev–Trinajstić information content (AvgIpc) is 2.51. The molecule has 0 saturated carbocycles. The maximum atomic E-state index is 12.5. The van der Waals surface area contributed by atoms with Gasteiger partial charge in [-0.05, 0) is 23.3 Å². The Hall–Kier alpha value is -2.90. The van der Waals surface area contributed by atoms with Crippen molar-refractivity contribution in [2.45, 2.75) is 12.8 Å². The lowest BCUT2D eigenvalue weighted by molar-refractivity contribution is -0.384. The number of non-ortho nitro benzene ring substituents is 1. The van der Waals surface area contributed by atoms with E-state index in [0.717, 1.165) is 18.3 Å². The molecular weight excluding hydrogens is 313 g/mol. The Morgan fingerprint density at radius 2 is 1.91 bits per heavy atom. The lowest BCUT2D eigenvalue weighted by Gasteiger charge is -2.06. The molecule has 0 N–H and O–H groups in total. The van der Waals surface area contributed by atoms with E-state index in [0.29, 0.717) is 5.56 Å². The van der Waals surface area contributed by atoms with Crippen molar-refractivity contribution >= 4 is 11.9 Å². The first kappa shape index (κ1) is 16.5. The molecule has 5 nitrogen and oxygen atoms in total. The van der Waals surface area contributed by atoms with Gasteiger partial charge in [-0.15, -0.1) is 0 Å². The summed E-state index contributed by atoms with van der Waals surface area (Å²) >= 11 is 0. The summed E-state index contributed by atoms with van der Waals surface area (Å²) in [6.07, 6.45) is -3.28. The first-order valence-corrected chi connectivity index (χ1v) is 6.42. The molecule has 0 radical (unpaired) electrons. The Labute approximate surface area is 129 Å². The summed E-state index contributed by atoms with van der Waals surface area (Å²) in [5.74, 6) is 0. The summed E-state index contributed by atoms with van der Waals surface area (Å²) in [5, 5.41) is 14.2. The molecule has 23 heavy (non-hydrogen) atoms. The maximum Gasteiger partial charge on any atom is 0.416 e. The van der Waals surface area contributed by atoms with Crippen LogP contribution >= 0.6 is 0 Å². The number of hydrogen-bond donors (Lipinski definition) is 0. The van der Waals surface area contributed by atoms with E-state index in [1.807, 2.05) is 0 Å². The molecule has 0 aliphatic heterocycles. The molecule has 0 fully saturated rings. The molecule has 120 valence electrons. The number of benzene rings is 2. The van der Waals surface area contributed by atoms with Crippen LogP contribution in [0.25, 0.3) is 0 Å². The molecule has 2 aromatic rings. The minimum atomic E-state index is -4.42. The normalized spacial score (nSPS) is 11.6. The van der Waals surface area contributed by atoms with Crippen LogP contribution in [-0.2, 0) is 17.6 Å². The number of nitro groups is 1. The highest BCUT2D eigenvalue weighted by atomic mass is 19.4. The third-order valence-corrected chi connectivity index (χ3v) is 2.84. The molecular formula is C15H11F3N2O3. The summed E-state index contributed by atoms with van der Waals surface area (Å²) in [5.41, 5.74) is -0.0904. The predicted molar refractivity (Wildman–Crippen MR) is 76.9 cm³/mol. The van der Waals surface area contributed by atoms with Crippen LogP contribution in [0, 0.1) is 10.1 Å². The van der Waals surface area contributed by atoms with E-state index in [1.54, 1.807) is 6.07 Å². The largest absolute Gasteiger partial charge is 0.416 e. The predicted octanol–water partition coefficient (Wildman–Crippen LogP) is 4.16. The van der Waals surface area contributed by atoms with Gasteiger partial charge in [0.2, 0.25) is 0 Å². The second kappa shape index (κ2) is 6.91. The molecule has 0 aliphatic carbocycles. The third kappa shape index (κ3) is 4.80. The molecule has 0 aliphatic rings. The molecule has 0 aromatic heterocycles. The topological polar surface area (TPSA) is 64.7 Å². The van der Waals surface area contributed by atoms with Gasteiger partial charge in [0.05, 0.1) is 16.7 Å². The van der Waals surface area contributed by atoms with Gasteiger partial charge in [0.25, 0.3) is 5.69 Å². The van der Waals surface area contributed by atoms with E-state index in [-0.39, 0.29) is 17.9 Å². The van der Waals surface area contributed by atoms with Gasteiger partial charge in [0.1, 0.15) is 6.61 Å². The highest BCUT2D eigenvalue weighted by Crippen LogP contribution is 2.29. The van der Waals surface area contributed by atoms with Crippen molar-refractivity contribution in [1.82, 2.24) is 0 Å². The van der Waals surface area contributed by atoms with Gasteiger partial charge >= 0.3 is 6.18 Å². The van der Waals surface area contributed by atoms with Crippen molar-refractivity contribution in [2.75, 3.05) is 0 Å². The fourth-order valence-corrected chi connectivity index (χ4v) is 1.77. The Bertz CT molecular complexity index is 730. The van der Waals surface area contributed by atoms with Crippen LogP contribution in [0.5, 0.6) is 0 Å². The summed E-state index contributed by atoms with van der Waals surface area (Å²) in [6, 6.07) is 10.4. The Balaban J connectivity index is 1.97. The van der Waals surface area contributed by atoms with Crippen LogP contribution in [0.2, 0.25) is 0 Å². The highest BCUT2D eigenvalue weighted by molar-refractivity contribution is 5.79. The fraction of sp³-hybridized carbons (Fsp3) is 0.133. The van der Waals surface area contributed by atoms with Crippen molar-refractivity contribution in [3.63, 3.8) is 0 Å². The number of nitrogens with zero attached hydrogens (tertiary/aromatic N) is 2. The van der Waals surface area contributed by atoms with E-state index >= 15 is 0 Å². The zero-order valence-corrected chi connectivity index (χ0v) is 11.7. The van der Waals surface area contributed by atoms with Crippen molar-refractivity contribution < 1.29 is 22.9 Å². The summed E-state index contributed by atoms with van der Waals surface area (Å²) in [4.78, 5) is 15.0. The highest BCUT2D eigenvalue weighted by Gasteiger charge is 2.30. The van der Waals surface area contributed by atoms with E-state index in [1.165, 1.54) is 30.3 Å². The molecule has 0 amide bonds. The molecule has 0 atom stereocenters. The van der Waals surface area contributed by atoms with E-state index in [9.17, 15) is 23.3 Å². The molecule has 0 heterocycles. The summed E-state index contributed by atoms with van der Waals surface area (Å²) in [6.45, 7) is -0.0306. The quantitative estimate of drug-likeness (QED) is 0.471. The average molecular weight is 324 g/mol. The molecule has 0 saturated heterocycles. The van der Waals surface area contributed by atoms with Crippen molar-refractivity contribution in [3.05, 3.63) is 75.3 Å². The first-order valence-electron chi connectivity index (χ1n) is 6.42. The summed E-state index contributed by atoms with van der Waals surface area (Å²) < 4.78 is 37.6. The van der Waals surface area contributed by atoms with Crippen molar-refractivity contribution in [1.29, 1.82) is 0 Å². The minimum Gasteiger partial charge on any atom is -0.391 e. The zero-order valence-electron chi connectivity index (χ0n) is 11.7. The molecule has 8 heteroatoms. The first-order chi connectivity index (χ1) is 10.9. The van der Waals surface area contributed by atoms with Crippen LogP contribution < -0.4 is 0 Å². The zero-order chi connectivity index (χ0) is 16.9. The number of hydrogen-bond acceptors (Lipinski definition) is 4. The molecule has 2 rings (SSSR count). The van der Waals surface area contributed by atoms with Crippen molar-refractivity contribution in [3.8, 4) is 0 Å². The Morgan fingerprint density at radius 1 is 1.17 bits per heavy atom. The van der Waals surface area contributed by atoms with Gasteiger partial charge in [-0.2, -0.15) is 13.2 Å². The maximum absolute atomic E-state index is 12.5. The number of oxime groups is 1. The van der Waals surface area contributed by atoms with E-state index < -0.39 is 16.7 Å². The van der Waals surface area contributed by atoms with Gasteiger partial charge < -0.3 is 4.84 Å². The number of alkyl halides is 3. The standard InChI is InChI=1S/C15H11F3N2O3/c16-15(17,18)13-5-1-3-11(7-13)9-19-23-10-12-4-2-6-14(8-12)20(21)22/h1-9H,10H2/b19-9-. The SMILES string of the molecule is O=[N+]([O-])c1cccc(CO/N=C\c2cccc(C(F)(F)F)c2)c1. The second-order valence-corrected chi connectivity index (χ2v) is 4.56. The molecule has 2 aromatic carbocycles.